The number of aliphatic hydroxyl groups is 1. The highest BCUT2D eigenvalue weighted by atomic mass is 35.6. The zero-order valence-electron chi connectivity index (χ0n) is 20.3. The number of carbonyl (C=O) groups excluding carboxylic acids is 1. The van der Waals surface area contributed by atoms with Gasteiger partial charge in [-0.1, -0.05) is 96.7 Å². The number of likely N-dealkylation sites (tertiary alicyclic amines) is 1. The Morgan fingerprint density at radius 2 is 1.58 bits per heavy atom. The zero-order valence-corrected chi connectivity index (χ0v) is 22.6. The van der Waals surface area contributed by atoms with E-state index in [4.69, 9.17) is 44.3 Å². The number of halogens is 3. The molecule has 2 fully saturated rings. The maximum atomic E-state index is 11.8. The van der Waals surface area contributed by atoms with E-state index in [0.717, 1.165) is 41.9 Å². The highest BCUT2D eigenvalue weighted by Crippen LogP contribution is 2.42. The van der Waals surface area contributed by atoms with Gasteiger partial charge in [0.2, 0.25) is 0 Å². The molecule has 0 radical (unpaired) electrons. The summed E-state index contributed by atoms with van der Waals surface area (Å²) in [6.45, 7) is 5.51. The first kappa shape index (κ1) is 27.6. The standard InChI is InChI=1S/C27H33Cl3N2O4/c1-18-23(16-32-13-3-2-4-14-32)35-25(36-24(18)21-9-7-20(17-33)8-10-21)22-11-5-19(6-12-22)15-31-26(34)27(28,29)30/h5-12,18,23-25,33H,2-4,13-17H2,1H3,(H,31,34). The second-order valence-corrected chi connectivity index (χ2v) is 11.9. The molecule has 196 valence electrons. The maximum Gasteiger partial charge on any atom is 0.272 e. The van der Waals surface area contributed by atoms with Gasteiger partial charge in [0.1, 0.15) is 0 Å². The summed E-state index contributed by atoms with van der Waals surface area (Å²) in [4.78, 5) is 14.3. The van der Waals surface area contributed by atoms with Gasteiger partial charge in [0.25, 0.3) is 9.70 Å². The fourth-order valence-corrected chi connectivity index (χ4v) is 5.00. The van der Waals surface area contributed by atoms with Crippen LogP contribution in [0.2, 0.25) is 0 Å². The van der Waals surface area contributed by atoms with Gasteiger partial charge in [-0.25, -0.2) is 0 Å². The summed E-state index contributed by atoms with van der Waals surface area (Å²) in [7, 11) is 0. The first-order valence-electron chi connectivity index (χ1n) is 12.4. The van der Waals surface area contributed by atoms with Crippen LogP contribution in [0.5, 0.6) is 0 Å². The molecule has 2 aliphatic rings. The largest absolute Gasteiger partial charge is 0.392 e. The number of carbonyl (C=O) groups is 1. The Morgan fingerprint density at radius 1 is 0.972 bits per heavy atom. The third-order valence-corrected chi connectivity index (χ3v) is 7.49. The number of aliphatic hydroxyl groups excluding tert-OH is 1. The van der Waals surface area contributed by atoms with E-state index in [1.54, 1.807) is 0 Å². The minimum absolute atomic E-state index is 0.00705. The van der Waals surface area contributed by atoms with Crippen molar-refractivity contribution >= 4 is 40.7 Å². The number of alkyl halides is 3. The predicted octanol–water partition coefficient (Wildman–Crippen LogP) is 5.44. The molecular weight excluding hydrogens is 523 g/mol. The molecule has 2 aromatic carbocycles. The first-order valence-corrected chi connectivity index (χ1v) is 13.5. The predicted molar refractivity (Wildman–Crippen MR) is 142 cm³/mol. The second kappa shape index (κ2) is 12.4. The third kappa shape index (κ3) is 7.13. The molecule has 4 unspecified atom stereocenters. The van der Waals surface area contributed by atoms with Crippen LogP contribution >= 0.6 is 34.8 Å². The van der Waals surface area contributed by atoms with Gasteiger partial charge in [0, 0.05) is 24.6 Å². The topological polar surface area (TPSA) is 71.0 Å². The van der Waals surface area contributed by atoms with Crippen LogP contribution in [0.4, 0.5) is 0 Å². The number of nitrogens with one attached hydrogen (secondary N) is 1. The Labute approximate surface area is 227 Å². The SMILES string of the molecule is CC1C(CN2CCCCC2)OC(c2ccc(CNC(=O)C(Cl)(Cl)Cl)cc2)OC1c1ccc(CO)cc1. The minimum atomic E-state index is -1.99. The van der Waals surface area contributed by atoms with Crippen LogP contribution in [0.25, 0.3) is 0 Å². The quantitative estimate of drug-likeness (QED) is 0.445. The molecule has 4 rings (SSSR count). The van der Waals surface area contributed by atoms with Crippen LogP contribution in [0.3, 0.4) is 0 Å². The molecule has 1 amide bonds. The average molecular weight is 556 g/mol. The Balaban J connectivity index is 1.50. The van der Waals surface area contributed by atoms with Crippen molar-refractivity contribution in [3.05, 3.63) is 70.8 Å². The van der Waals surface area contributed by atoms with Crippen LogP contribution < -0.4 is 5.32 Å². The molecule has 0 bridgehead atoms. The van der Waals surface area contributed by atoms with Crippen molar-refractivity contribution < 1.29 is 19.4 Å². The number of benzene rings is 2. The number of hydrogen-bond acceptors (Lipinski definition) is 5. The molecule has 2 N–H and O–H groups in total. The molecule has 36 heavy (non-hydrogen) atoms. The fraction of sp³-hybridized carbons (Fsp3) is 0.519. The molecule has 6 nitrogen and oxygen atoms in total. The van der Waals surface area contributed by atoms with Gasteiger partial charge in [-0.05, 0) is 42.6 Å². The number of nitrogens with zero attached hydrogens (tertiary/aromatic N) is 1. The molecule has 2 heterocycles. The van der Waals surface area contributed by atoms with Crippen LogP contribution in [0.1, 0.15) is 60.8 Å². The molecule has 2 saturated heterocycles. The lowest BCUT2D eigenvalue weighted by atomic mass is 9.89. The molecule has 0 aromatic heterocycles. The Bertz CT molecular complexity index is 992. The molecule has 0 saturated carbocycles. The van der Waals surface area contributed by atoms with Crippen molar-refractivity contribution in [1.29, 1.82) is 0 Å². The van der Waals surface area contributed by atoms with Crippen molar-refractivity contribution in [3.63, 3.8) is 0 Å². The summed E-state index contributed by atoms with van der Waals surface area (Å²) >= 11 is 16.9. The van der Waals surface area contributed by atoms with Crippen molar-refractivity contribution in [3.8, 4) is 0 Å². The van der Waals surface area contributed by atoms with E-state index < -0.39 is 16.0 Å². The van der Waals surface area contributed by atoms with E-state index >= 15 is 0 Å². The van der Waals surface area contributed by atoms with E-state index in [2.05, 4.69) is 17.1 Å². The molecule has 2 aliphatic heterocycles. The molecule has 0 spiro atoms. The Hall–Kier alpha value is -1.38. The van der Waals surface area contributed by atoms with E-state index in [9.17, 15) is 9.90 Å². The van der Waals surface area contributed by atoms with E-state index in [-0.39, 0.29) is 31.3 Å². The highest BCUT2D eigenvalue weighted by Gasteiger charge is 2.39. The van der Waals surface area contributed by atoms with Crippen molar-refractivity contribution in [1.82, 2.24) is 10.2 Å². The van der Waals surface area contributed by atoms with Crippen LogP contribution in [0.15, 0.2) is 48.5 Å². The van der Waals surface area contributed by atoms with Gasteiger partial charge in [-0.3, -0.25) is 4.79 Å². The minimum Gasteiger partial charge on any atom is -0.392 e. The zero-order chi connectivity index (χ0) is 25.7. The van der Waals surface area contributed by atoms with Crippen LogP contribution in [-0.4, -0.2) is 45.4 Å². The van der Waals surface area contributed by atoms with Gasteiger partial charge in [-0.15, -0.1) is 0 Å². The second-order valence-electron chi connectivity index (χ2n) is 9.61. The Morgan fingerprint density at radius 3 is 2.19 bits per heavy atom. The molecule has 9 heteroatoms. The summed E-state index contributed by atoms with van der Waals surface area (Å²) in [5, 5.41) is 12.1. The lowest BCUT2D eigenvalue weighted by molar-refractivity contribution is -0.276. The highest BCUT2D eigenvalue weighted by molar-refractivity contribution is 6.76. The number of ether oxygens (including phenoxy) is 2. The Kier molecular flexibility index (Phi) is 9.56. The van der Waals surface area contributed by atoms with Crippen LogP contribution in [-0.2, 0) is 27.4 Å². The van der Waals surface area contributed by atoms with E-state index in [0.29, 0.717) is 0 Å². The summed E-state index contributed by atoms with van der Waals surface area (Å²) in [6, 6.07) is 15.6. The number of piperidine rings is 1. The van der Waals surface area contributed by atoms with Gasteiger partial charge in [0.05, 0.1) is 18.8 Å². The molecule has 2 aromatic rings. The third-order valence-electron chi connectivity index (χ3n) is 6.97. The van der Waals surface area contributed by atoms with Crippen molar-refractivity contribution in [2.24, 2.45) is 5.92 Å². The summed E-state index contributed by atoms with van der Waals surface area (Å²) in [6.07, 6.45) is 3.08. The fourth-order valence-electron chi connectivity index (χ4n) is 4.80. The lowest BCUT2D eigenvalue weighted by Crippen LogP contribution is -2.45. The summed E-state index contributed by atoms with van der Waals surface area (Å²) < 4.78 is 11.1. The monoisotopic (exact) mass is 554 g/mol. The maximum absolute atomic E-state index is 11.8. The van der Waals surface area contributed by atoms with E-state index in [1.807, 2.05) is 48.5 Å². The smallest absolute Gasteiger partial charge is 0.272 e. The van der Waals surface area contributed by atoms with Gasteiger partial charge in [0.15, 0.2) is 6.29 Å². The molecular formula is C27H33Cl3N2O4. The number of rotatable bonds is 7. The average Bonchev–Trinajstić information content (AvgIpc) is 2.89. The first-order chi connectivity index (χ1) is 17.2. The summed E-state index contributed by atoms with van der Waals surface area (Å²) in [5.74, 6) is -0.514. The molecule has 0 aliphatic carbocycles. The van der Waals surface area contributed by atoms with Gasteiger partial charge < -0.3 is 24.8 Å². The van der Waals surface area contributed by atoms with Gasteiger partial charge in [-0.2, -0.15) is 0 Å². The lowest BCUT2D eigenvalue weighted by Gasteiger charge is -2.43. The van der Waals surface area contributed by atoms with Crippen molar-refractivity contribution in [2.45, 2.75) is 61.6 Å². The number of amides is 1. The van der Waals surface area contributed by atoms with Crippen molar-refractivity contribution in [2.75, 3.05) is 19.6 Å². The van der Waals surface area contributed by atoms with Crippen LogP contribution in [0, 0.1) is 5.92 Å². The molecule has 4 atom stereocenters. The summed E-state index contributed by atoms with van der Waals surface area (Å²) in [5.41, 5.74) is 3.71. The van der Waals surface area contributed by atoms with E-state index in [1.165, 1.54) is 19.3 Å². The normalized spacial score (nSPS) is 25.5. The number of hydrogen-bond donors (Lipinski definition) is 2. The van der Waals surface area contributed by atoms with Gasteiger partial charge >= 0.3 is 0 Å².